The normalized spacial score (nSPS) is 11.6. The van der Waals surface area contributed by atoms with Crippen LogP contribution in [0, 0.1) is 0 Å². The summed E-state index contributed by atoms with van der Waals surface area (Å²) in [4.78, 5) is 11.8. The molecule has 3 heterocycles. The van der Waals surface area contributed by atoms with Crippen molar-refractivity contribution in [2.24, 2.45) is 0 Å². The van der Waals surface area contributed by atoms with E-state index in [1.807, 2.05) is 0 Å². The van der Waals surface area contributed by atoms with Gasteiger partial charge in [0, 0.05) is 6.07 Å². The first-order valence-corrected chi connectivity index (χ1v) is 5.55. The van der Waals surface area contributed by atoms with Crippen molar-refractivity contribution in [2.45, 2.75) is 0 Å². The van der Waals surface area contributed by atoms with E-state index in [9.17, 15) is 4.79 Å². The number of aromatic nitrogens is 1. The monoisotopic (exact) mass is 257 g/mol. The van der Waals surface area contributed by atoms with Crippen LogP contribution in [0.25, 0.3) is 32.9 Å². The molecule has 0 bridgehead atoms. The van der Waals surface area contributed by atoms with Crippen molar-refractivity contribution >= 4 is 32.9 Å². The Morgan fingerprint density at radius 3 is 3.00 bits per heavy atom. The molecular formula is C13H7NO5. The smallest absolute Gasteiger partial charge is 0.349 e. The lowest BCUT2D eigenvalue weighted by Gasteiger charge is -2.05. The second-order valence-electron chi connectivity index (χ2n) is 4.07. The maximum absolute atomic E-state index is 11.8. The molecule has 4 rings (SSSR count). The van der Waals surface area contributed by atoms with Crippen molar-refractivity contribution in [3.63, 3.8) is 0 Å². The molecule has 94 valence electrons. The van der Waals surface area contributed by atoms with Crippen molar-refractivity contribution in [2.75, 3.05) is 7.11 Å². The van der Waals surface area contributed by atoms with E-state index < -0.39 is 5.63 Å². The van der Waals surface area contributed by atoms with Crippen LogP contribution >= 0.6 is 0 Å². The van der Waals surface area contributed by atoms with Crippen LogP contribution in [0.4, 0.5) is 0 Å². The SMILES string of the molecule is COc1c2ccoc2cc2oc(=O)c3cnoc3c12. The number of hydrogen-bond donors (Lipinski definition) is 0. The Morgan fingerprint density at radius 2 is 2.16 bits per heavy atom. The molecule has 0 radical (unpaired) electrons. The average Bonchev–Trinajstić information content (AvgIpc) is 3.04. The first kappa shape index (κ1) is 10.2. The lowest BCUT2D eigenvalue weighted by molar-refractivity contribution is 0.421. The molecule has 0 N–H and O–H groups in total. The molecule has 3 aromatic heterocycles. The minimum atomic E-state index is -0.503. The first-order valence-electron chi connectivity index (χ1n) is 5.55. The highest BCUT2D eigenvalue weighted by molar-refractivity contribution is 6.11. The Morgan fingerprint density at radius 1 is 1.26 bits per heavy atom. The van der Waals surface area contributed by atoms with Gasteiger partial charge in [0.05, 0.1) is 25.0 Å². The fourth-order valence-electron chi connectivity index (χ4n) is 2.29. The number of furan rings is 1. The molecule has 19 heavy (non-hydrogen) atoms. The summed E-state index contributed by atoms with van der Waals surface area (Å²) in [6.45, 7) is 0. The summed E-state index contributed by atoms with van der Waals surface area (Å²) in [5.74, 6) is 0.534. The fraction of sp³-hybridized carbons (Fsp3) is 0.0769. The minimum Gasteiger partial charge on any atom is -0.495 e. The average molecular weight is 257 g/mol. The fourth-order valence-corrected chi connectivity index (χ4v) is 2.29. The Labute approximate surface area is 105 Å². The molecule has 0 spiro atoms. The van der Waals surface area contributed by atoms with Gasteiger partial charge in [0.2, 0.25) is 0 Å². The van der Waals surface area contributed by atoms with Crippen molar-refractivity contribution < 1.29 is 18.1 Å². The van der Waals surface area contributed by atoms with Crippen LogP contribution < -0.4 is 10.4 Å². The zero-order valence-electron chi connectivity index (χ0n) is 9.80. The Kier molecular flexibility index (Phi) is 1.81. The number of methoxy groups -OCH3 is 1. The quantitative estimate of drug-likeness (QED) is 0.488. The van der Waals surface area contributed by atoms with Gasteiger partial charge in [-0.3, -0.25) is 0 Å². The topological polar surface area (TPSA) is 78.6 Å². The van der Waals surface area contributed by atoms with Gasteiger partial charge in [-0.05, 0) is 6.07 Å². The summed E-state index contributed by atoms with van der Waals surface area (Å²) in [6, 6.07) is 3.41. The van der Waals surface area contributed by atoms with Crippen LogP contribution in [0.3, 0.4) is 0 Å². The van der Waals surface area contributed by atoms with Gasteiger partial charge in [-0.2, -0.15) is 0 Å². The predicted octanol–water partition coefficient (Wildman–Crippen LogP) is 2.69. The lowest BCUT2D eigenvalue weighted by Crippen LogP contribution is -1.98. The molecule has 0 aliphatic rings. The first-order chi connectivity index (χ1) is 9.29. The third-order valence-corrected chi connectivity index (χ3v) is 3.10. The molecule has 0 unspecified atom stereocenters. The van der Waals surface area contributed by atoms with Gasteiger partial charge in [0.1, 0.15) is 27.7 Å². The number of nitrogens with zero attached hydrogens (tertiary/aromatic N) is 1. The van der Waals surface area contributed by atoms with Gasteiger partial charge in [-0.1, -0.05) is 5.16 Å². The highest BCUT2D eigenvalue weighted by Gasteiger charge is 2.19. The van der Waals surface area contributed by atoms with E-state index in [1.165, 1.54) is 13.3 Å². The van der Waals surface area contributed by atoms with Crippen LogP contribution in [0.15, 0.2) is 42.7 Å². The summed E-state index contributed by atoms with van der Waals surface area (Å²) < 4.78 is 21.1. The Bertz CT molecular complexity index is 975. The standard InChI is InChI=1S/C13H7NO5/c1-16-11-6-2-3-17-8(6)4-9-10(11)12-7(5-14-19-12)13(15)18-9/h2-5H,1H3. The number of hydrogen-bond acceptors (Lipinski definition) is 6. The molecule has 1 aromatic carbocycles. The van der Waals surface area contributed by atoms with Crippen molar-refractivity contribution in [1.82, 2.24) is 5.16 Å². The van der Waals surface area contributed by atoms with Gasteiger partial charge < -0.3 is 18.1 Å². The molecule has 0 atom stereocenters. The van der Waals surface area contributed by atoms with E-state index in [1.54, 1.807) is 18.4 Å². The summed E-state index contributed by atoms with van der Waals surface area (Å²) in [5.41, 5.74) is 0.767. The van der Waals surface area contributed by atoms with E-state index in [2.05, 4.69) is 5.16 Å². The molecule has 6 nitrogen and oxygen atoms in total. The molecule has 0 fully saturated rings. The summed E-state index contributed by atoms with van der Waals surface area (Å²) in [5, 5.41) is 5.28. The molecule has 6 heteroatoms. The molecular weight excluding hydrogens is 250 g/mol. The third kappa shape index (κ3) is 1.20. The maximum Gasteiger partial charge on any atom is 0.349 e. The van der Waals surface area contributed by atoms with E-state index >= 15 is 0 Å². The lowest BCUT2D eigenvalue weighted by atomic mass is 10.1. The molecule has 0 saturated heterocycles. The zero-order valence-corrected chi connectivity index (χ0v) is 9.80. The Balaban J connectivity index is 2.40. The highest BCUT2D eigenvalue weighted by atomic mass is 16.5. The van der Waals surface area contributed by atoms with E-state index in [-0.39, 0.29) is 5.39 Å². The summed E-state index contributed by atoms with van der Waals surface area (Å²) in [7, 11) is 1.54. The molecule has 0 aliphatic heterocycles. The minimum absolute atomic E-state index is 0.286. The van der Waals surface area contributed by atoms with Crippen LogP contribution in [0.1, 0.15) is 0 Å². The Hall–Kier alpha value is -2.76. The van der Waals surface area contributed by atoms with E-state index in [0.29, 0.717) is 27.9 Å². The molecule has 4 aromatic rings. The summed E-state index contributed by atoms with van der Waals surface area (Å²) in [6.07, 6.45) is 2.88. The van der Waals surface area contributed by atoms with Gasteiger partial charge in [-0.25, -0.2) is 4.79 Å². The predicted molar refractivity (Wildman–Crippen MR) is 66.4 cm³/mol. The molecule has 0 amide bonds. The highest BCUT2D eigenvalue weighted by Crippen LogP contribution is 2.38. The van der Waals surface area contributed by atoms with Crippen molar-refractivity contribution in [3.05, 3.63) is 35.0 Å². The number of rotatable bonds is 1. The second-order valence-corrected chi connectivity index (χ2v) is 4.07. The molecule has 0 saturated carbocycles. The van der Waals surface area contributed by atoms with Crippen molar-refractivity contribution in [1.29, 1.82) is 0 Å². The van der Waals surface area contributed by atoms with Gasteiger partial charge in [0.15, 0.2) is 5.58 Å². The van der Waals surface area contributed by atoms with Gasteiger partial charge in [0.25, 0.3) is 0 Å². The number of ether oxygens (including phenoxy) is 1. The third-order valence-electron chi connectivity index (χ3n) is 3.10. The largest absolute Gasteiger partial charge is 0.495 e. The van der Waals surface area contributed by atoms with E-state index in [0.717, 1.165) is 5.39 Å². The van der Waals surface area contributed by atoms with Crippen LogP contribution in [-0.4, -0.2) is 12.3 Å². The zero-order chi connectivity index (χ0) is 13.0. The van der Waals surface area contributed by atoms with E-state index in [4.69, 9.17) is 18.1 Å². The van der Waals surface area contributed by atoms with Gasteiger partial charge >= 0.3 is 5.63 Å². The van der Waals surface area contributed by atoms with Crippen LogP contribution in [-0.2, 0) is 0 Å². The second kappa shape index (κ2) is 3.38. The van der Waals surface area contributed by atoms with Crippen LogP contribution in [0.5, 0.6) is 5.75 Å². The number of benzene rings is 1. The maximum atomic E-state index is 11.8. The summed E-state index contributed by atoms with van der Waals surface area (Å²) >= 11 is 0. The number of fused-ring (bicyclic) bond motifs is 4. The van der Waals surface area contributed by atoms with Gasteiger partial charge in [-0.15, -0.1) is 0 Å². The van der Waals surface area contributed by atoms with Crippen LogP contribution in [0.2, 0.25) is 0 Å². The van der Waals surface area contributed by atoms with Crippen molar-refractivity contribution in [3.8, 4) is 5.75 Å². The molecule has 0 aliphatic carbocycles.